The molecule has 2 rings (SSSR count). The highest BCUT2D eigenvalue weighted by Gasteiger charge is 2.31. The van der Waals surface area contributed by atoms with Gasteiger partial charge < -0.3 is 15.4 Å². The van der Waals surface area contributed by atoms with Gasteiger partial charge in [0.15, 0.2) is 17.5 Å². The Labute approximate surface area is 158 Å². The van der Waals surface area contributed by atoms with Crippen molar-refractivity contribution in [3.05, 3.63) is 30.3 Å². The van der Waals surface area contributed by atoms with E-state index >= 15 is 0 Å². The highest BCUT2D eigenvalue weighted by molar-refractivity contribution is 5.84. The lowest BCUT2D eigenvalue weighted by Crippen LogP contribution is -2.46. The Balaban J connectivity index is 2.23. The van der Waals surface area contributed by atoms with Gasteiger partial charge in [-0.3, -0.25) is 4.79 Å². The van der Waals surface area contributed by atoms with Gasteiger partial charge in [-0.2, -0.15) is 13.2 Å². The number of halogens is 4. The van der Waals surface area contributed by atoms with Crippen LogP contribution in [0.4, 0.5) is 23.4 Å². The molecule has 0 fully saturated rings. The Morgan fingerprint density at radius 2 is 1.93 bits per heavy atom. The van der Waals surface area contributed by atoms with Crippen LogP contribution in [0, 0.1) is 11.7 Å². The quantitative estimate of drug-likeness (QED) is 0.694. The van der Waals surface area contributed by atoms with Crippen molar-refractivity contribution in [1.82, 2.24) is 20.3 Å². The van der Waals surface area contributed by atoms with Crippen LogP contribution in [-0.4, -0.2) is 46.7 Å². The molecule has 0 radical (unpaired) electrons. The molecule has 0 bridgehead atoms. The van der Waals surface area contributed by atoms with Gasteiger partial charge in [0.2, 0.25) is 11.8 Å². The molecule has 0 aromatic carbocycles. The maximum Gasteiger partial charge on any atom is 0.405 e. The SMILES string of the molecule is COc1ccc(-c2ncc(F)c(N[C@@H](C(=O)NCC(F)(F)F)C(C)C)n2)cn1. The van der Waals surface area contributed by atoms with Gasteiger partial charge in [-0.25, -0.2) is 19.3 Å². The fourth-order valence-corrected chi connectivity index (χ4v) is 2.22. The second-order valence-electron chi connectivity index (χ2n) is 6.18. The summed E-state index contributed by atoms with van der Waals surface area (Å²) in [4.78, 5) is 24.0. The van der Waals surface area contributed by atoms with Gasteiger partial charge in [0, 0.05) is 17.8 Å². The molecule has 0 unspecified atom stereocenters. The number of aromatic nitrogens is 3. The molecule has 28 heavy (non-hydrogen) atoms. The summed E-state index contributed by atoms with van der Waals surface area (Å²) >= 11 is 0. The number of ether oxygens (including phenoxy) is 1. The first-order valence-corrected chi connectivity index (χ1v) is 8.24. The van der Waals surface area contributed by atoms with E-state index in [9.17, 15) is 22.4 Å². The smallest absolute Gasteiger partial charge is 0.405 e. The summed E-state index contributed by atoms with van der Waals surface area (Å²) in [6, 6.07) is 2.05. The number of nitrogens with one attached hydrogen (secondary N) is 2. The third kappa shape index (κ3) is 5.76. The standard InChI is InChI=1S/C17H19F4N5O2/c1-9(2)13(16(27)24-8-17(19,20)21)25-15-11(18)7-23-14(26-15)10-4-5-12(28-3)22-6-10/h4-7,9,13H,8H2,1-3H3,(H,24,27)(H,23,25,26)/t13-/m1/s1. The summed E-state index contributed by atoms with van der Waals surface area (Å²) in [5.41, 5.74) is 0.464. The normalized spacial score (nSPS) is 12.6. The predicted molar refractivity (Wildman–Crippen MR) is 93.1 cm³/mol. The molecular weight excluding hydrogens is 382 g/mol. The van der Waals surface area contributed by atoms with Crippen molar-refractivity contribution in [3.63, 3.8) is 0 Å². The van der Waals surface area contributed by atoms with E-state index in [0.29, 0.717) is 11.4 Å². The molecule has 2 aromatic heterocycles. The summed E-state index contributed by atoms with van der Waals surface area (Å²) in [6.07, 6.45) is -2.22. The molecule has 2 heterocycles. The van der Waals surface area contributed by atoms with Crippen LogP contribution in [0.5, 0.6) is 5.88 Å². The lowest BCUT2D eigenvalue weighted by molar-refractivity contribution is -0.139. The topological polar surface area (TPSA) is 89.0 Å². The van der Waals surface area contributed by atoms with Crippen molar-refractivity contribution < 1.29 is 27.1 Å². The minimum atomic E-state index is -4.55. The van der Waals surface area contributed by atoms with Crippen LogP contribution in [0.15, 0.2) is 24.5 Å². The van der Waals surface area contributed by atoms with Crippen LogP contribution in [0.3, 0.4) is 0 Å². The van der Waals surface area contributed by atoms with Crippen LogP contribution >= 0.6 is 0 Å². The average molecular weight is 401 g/mol. The molecule has 11 heteroatoms. The number of amides is 1. The largest absolute Gasteiger partial charge is 0.481 e. The zero-order chi connectivity index (χ0) is 20.9. The number of carbonyl (C=O) groups excluding carboxylic acids is 1. The van der Waals surface area contributed by atoms with E-state index in [1.165, 1.54) is 13.3 Å². The molecule has 2 N–H and O–H groups in total. The Kier molecular flexibility index (Phi) is 6.71. The highest BCUT2D eigenvalue weighted by atomic mass is 19.4. The van der Waals surface area contributed by atoms with Gasteiger partial charge in [-0.15, -0.1) is 0 Å². The minimum Gasteiger partial charge on any atom is -0.481 e. The van der Waals surface area contributed by atoms with Crippen molar-refractivity contribution in [1.29, 1.82) is 0 Å². The summed E-state index contributed by atoms with van der Waals surface area (Å²) < 4.78 is 56.1. The number of alkyl halides is 3. The third-order valence-corrected chi connectivity index (χ3v) is 3.65. The van der Waals surface area contributed by atoms with Crippen LogP contribution in [0.2, 0.25) is 0 Å². The molecule has 0 saturated heterocycles. The van der Waals surface area contributed by atoms with Crippen molar-refractivity contribution in [3.8, 4) is 17.3 Å². The predicted octanol–water partition coefficient (Wildman–Crippen LogP) is 2.80. The summed E-state index contributed by atoms with van der Waals surface area (Å²) in [5, 5.41) is 4.35. The molecule has 1 atom stereocenters. The van der Waals surface area contributed by atoms with Crippen LogP contribution in [0.25, 0.3) is 11.4 Å². The molecule has 1 amide bonds. The molecule has 0 saturated carbocycles. The minimum absolute atomic E-state index is 0.122. The van der Waals surface area contributed by atoms with E-state index in [-0.39, 0.29) is 11.6 Å². The fourth-order valence-electron chi connectivity index (χ4n) is 2.22. The van der Waals surface area contributed by atoms with Crippen molar-refractivity contribution >= 4 is 11.7 Å². The van der Waals surface area contributed by atoms with E-state index in [1.807, 2.05) is 0 Å². The van der Waals surface area contributed by atoms with Gasteiger partial charge >= 0.3 is 6.18 Å². The maximum atomic E-state index is 14.1. The number of pyridine rings is 1. The number of hydrogen-bond acceptors (Lipinski definition) is 6. The number of carbonyl (C=O) groups is 1. The van der Waals surface area contributed by atoms with Gasteiger partial charge in [-0.05, 0) is 12.0 Å². The molecule has 0 aliphatic heterocycles. The average Bonchev–Trinajstić information content (AvgIpc) is 2.64. The number of rotatable bonds is 7. The van der Waals surface area contributed by atoms with E-state index in [0.717, 1.165) is 6.20 Å². The number of anilines is 1. The summed E-state index contributed by atoms with van der Waals surface area (Å²) in [6.45, 7) is 1.74. The molecule has 0 spiro atoms. The van der Waals surface area contributed by atoms with E-state index in [2.05, 4.69) is 20.3 Å². The second-order valence-corrected chi connectivity index (χ2v) is 6.18. The van der Waals surface area contributed by atoms with Crippen molar-refractivity contribution in [2.75, 3.05) is 19.0 Å². The Morgan fingerprint density at radius 3 is 2.46 bits per heavy atom. The molecule has 0 aliphatic carbocycles. The lowest BCUT2D eigenvalue weighted by atomic mass is 10.0. The first kappa shape index (κ1) is 21.3. The number of nitrogens with zero attached hydrogens (tertiary/aromatic N) is 3. The molecule has 2 aromatic rings. The van der Waals surface area contributed by atoms with E-state index in [4.69, 9.17) is 4.74 Å². The monoisotopic (exact) mass is 401 g/mol. The van der Waals surface area contributed by atoms with Crippen molar-refractivity contribution in [2.45, 2.75) is 26.1 Å². The molecule has 0 aliphatic rings. The summed E-state index contributed by atoms with van der Waals surface area (Å²) in [5.74, 6) is -2.02. The van der Waals surface area contributed by atoms with Gasteiger partial charge in [-0.1, -0.05) is 13.8 Å². The van der Waals surface area contributed by atoms with Gasteiger partial charge in [0.1, 0.15) is 12.6 Å². The van der Waals surface area contributed by atoms with E-state index < -0.39 is 36.4 Å². The van der Waals surface area contributed by atoms with E-state index in [1.54, 1.807) is 31.3 Å². The third-order valence-electron chi connectivity index (χ3n) is 3.65. The van der Waals surface area contributed by atoms with Gasteiger partial charge in [0.25, 0.3) is 0 Å². The Hall–Kier alpha value is -2.98. The maximum absolute atomic E-state index is 14.1. The Morgan fingerprint density at radius 1 is 1.21 bits per heavy atom. The lowest BCUT2D eigenvalue weighted by Gasteiger charge is -2.23. The zero-order valence-corrected chi connectivity index (χ0v) is 15.3. The van der Waals surface area contributed by atoms with Crippen LogP contribution < -0.4 is 15.4 Å². The number of hydrogen-bond donors (Lipinski definition) is 2. The van der Waals surface area contributed by atoms with Crippen LogP contribution in [0.1, 0.15) is 13.8 Å². The first-order valence-electron chi connectivity index (χ1n) is 8.24. The Bertz CT molecular complexity index is 812. The molecule has 152 valence electrons. The molecular formula is C17H19F4N5O2. The van der Waals surface area contributed by atoms with Gasteiger partial charge in [0.05, 0.1) is 13.3 Å². The zero-order valence-electron chi connectivity index (χ0n) is 15.3. The highest BCUT2D eigenvalue weighted by Crippen LogP contribution is 2.21. The molecule has 7 nitrogen and oxygen atoms in total. The van der Waals surface area contributed by atoms with Crippen molar-refractivity contribution in [2.24, 2.45) is 5.92 Å². The number of methoxy groups -OCH3 is 1. The first-order chi connectivity index (χ1) is 13.1. The summed E-state index contributed by atoms with van der Waals surface area (Å²) in [7, 11) is 1.45. The fraction of sp³-hybridized carbons (Fsp3) is 0.412. The van der Waals surface area contributed by atoms with Crippen LogP contribution in [-0.2, 0) is 4.79 Å². The second kappa shape index (κ2) is 8.81.